The van der Waals surface area contributed by atoms with Crippen molar-refractivity contribution < 1.29 is 0 Å². The average molecular weight is 334 g/mol. The molecular formula is C19H22N6. The highest BCUT2D eigenvalue weighted by molar-refractivity contribution is 5.89. The number of hydrogen-bond donors (Lipinski definition) is 1. The Labute approximate surface area is 147 Å². The number of rotatable bonds is 6. The molecule has 1 saturated carbocycles. The molecule has 3 heterocycles. The summed E-state index contributed by atoms with van der Waals surface area (Å²) in [5.41, 5.74) is 4.02. The minimum absolute atomic E-state index is 0.526. The molecule has 4 rings (SSSR count). The van der Waals surface area contributed by atoms with E-state index in [0.29, 0.717) is 11.9 Å². The fourth-order valence-corrected chi connectivity index (χ4v) is 2.91. The highest BCUT2D eigenvalue weighted by Gasteiger charge is 2.24. The molecule has 128 valence electrons. The highest BCUT2D eigenvalue weighted by Crippen LogP contribution is 2.29. The molecule has 0 radical (unpaired) electrons. The van der Waals surface area contributed by atoms with Gasteiger partial charge in [0.2, 0.25) is 0 Å². The Morgan fingerprint density at radius 2 is 2.16 bits per heavy atom. The predicted molar refractivity (Wildman–Crippen MR) is 100 cm³/mol. The zero-order valence-corrected chi connectivity index (χ0v) is 14.6. The Bertz CT molecular complexity index is 909. The number of nitrogens with one attached hydrogen (secondary N) is 1. The van der Waals surface area contributed by atoms with Crippen molar-refractivity contribution in [3.63, 3.8) is 0 Å². The van der Waals surface area contributed by atoms with E-state index in [1.54, 1.807) is 6.20 Å². The molecule has 1 aliphatic rings. The molecule has 0 spiro atoms. The largest absolute Gasteiger partial charge is 0.365 e. The maximum Gasteiger partial charge on any atom is 0.156 e. The number of pyridine rings is 1. The van der Waals surface area contributed by atoms with Gasteiger partial charge in [0, 0.05) is 25.5 Å². The van der Waals surface area contributed by atoms with E-state index in [1.807, 2.05) is 42.2 Å². The van der Waals surface area contributed by atoms with Crippen LogP contribution in [0.3, 0.4) is 0 Å². The van der Waals surface area contributed by atoms with Gasteiger partial charge in [-0.3, -0.25) is 9.67 Å². The van der Waals surface area contributed by atoms with Crippen molar-refractivity contribution >= 4 is 29.0 Å². The van der Waals surface area contributed by atoms with Crippen LogP contribution in [0.5, 0.6) is 0 Å². The highest BCUT2D eigenvalue weighted by atomic mass is 15.3. The first-order chi connectivity index (χ1) is 12.2. The summed E-state index contributed by atoms with van der Waals surface area (Å²) >= 11 is 0. The molecule has 0 aromatic carbocycles. The van der Waals surface area contributed by atoms with E-state index >= 15 is 0 Å². The predicted octanol–water partition coefficient (Wildman–Crippen LogP) is 3.46. The summed E-state index contributed by atoms with van der Waals surface area (Å²) in [5.74, 6) is 1.58. The summed E-state index contributed by atoms with van der Waals surface area (Å²) in [7, 11) is 1.97. The lowest BCUT2D eigenvalue weighted by Gasteiger charge is -2.07. The van der Waals surface area contributed by atoms with Crippen LogP contribution in [0.4, 0.5) is 5.82 Å². The van der Waals surface area contributed by atoms with Gasteiger partial charge in [0.15, 0.2) is 11.6 Å². The number of hydrogen-bond acceptors (Lipinski definition) is 5. The van der Waals surface area contributed by atoms with Gasteiger partial charge in [-0.2, -0.15) is 5.10 Å². The third-order valence-electron chi connectivity index (χ3n) is 4.28. The lowest BCUT2D eigenvalue weighted by molar-refractivity contribution is 0.752. The zero-order valence-electron chi connectivity index (χ0n) is 14.6. The van der Waals surface area contributed by atoms with Crippen LogP contribution < -0.4 is 5.32 Å². The van der Waals surface area contributed by atoms with Gasteiger partial charge < -0.3 is 5.32 Å². The van der Waals surface area contributed by atoms with Crippen LogP contribution in [0.25, 0.3) is 23.2 Å². The van der Waals surface area contributed by atoms with Crippen molar-refractivity contribution in [3.05, 3.63) is 41.6 Å². The average Bonchev–Trinajstić information content (AvgIpc) is 3.38. The smallest absolute Gasteiger partial charge is 0.156 e. The molecule has 6 heteroatoms. The van der Waals surface area contributed by atoms with Gasteiger partial charge in [0.1, 0.15) is 11.0 Å². The molecule has 0 aliphatic heterocycles. The van der Waals surface area contributed by atoms with Crippen molar-refractivity contribution in [1.29, 1.82) is 0 Å². The minimum Gasteiger partial charge on any atom is -0.365 e. The van der Waals surface area contributed by atoms with E-state index in [4.69, 9.17) is 9.97 Å². The molecule has 0 saturated heterocycles. The van der Waals surface area contributed by atoms with E-state index in [9.17, 15) is 0 Å². The number of aryl methyl sites for hydroxylation is 2. The quantitative estimate of drug-likeness (QED) is 0.748. The summed E-state index contributed by atoms with van der Waals surface area (Å²) in [4.78, 5) is 13.7. The van der Waals surface area contributed by atoms with Gasteiger partial charge in [-0.05, 0) is 43.0 Å². The third kappa shape index (κ3) is 3.38. The Morgan fingerprint density at radius 3 is 2.88 bits per heavy atom. The second-order valence-electron chi connectivity index (χ2n) is 6.49. The summed E-state index contributed by atoms with van der Waals surface area (Å²) < 4.78 is 1.90. The van der Waals surface area contributed by atoms with Gasteiger partial charge in [-0.15, -0.1) is 0 Å². The van der Waals surface area contributed by atoms with Gasteiger partial charge >= 0.3 is 0 Å². The van der Waals surface area contributed by atoms with Crippen LogP contribution >= 0.6 is 0 Å². The second-order valence-corrected chi connectivity index (χ2v) is 6.49. The molecule has 0 unspecified atom stereocenters. The molecule has 3 aromatic heterocycles. The van der Waals surface area contributed by atoms with E-state index in [0.717, 1.165) is 41.0 Å². The van der Waals surface area contributed by atoms with Crippen molar-refractivity contribution in [2.75, 3.05) is 5.32 Å². The van der Waals surface area contributed by atoms with Crippen molar-refractivity contribution in [2.45, 2.75) is 38.6 Å². The molecule has 1 N–H and O–H groups in total. The van der Waals surface area contributed by atoms with Crippen molar-refractivity contribution in [1.82, 2.24) is 24.7 Å². The van der Waals surface area contributed by atoms with E-state index in [2.05, 4.69) is 22.3 Å². The molecule has 25 heavy (non-hydrogen) atoms. The van der Waals surface area contributed by atoms with Gasteiger partial charge in [0.25, 0.3) is 0 Å². The van der Waals surface area contributed by atoms with E-state index in [-0.39, 0.29) is 0 Å². The van der Waals surface area contributed by atoms with Crippen LogP contribution in [0.15, 0.2) is 24.5 Å². The topological polar surface area (TPSA) is 68.5 Å². The van der Waals surface area contributed by atoms with Crippen LogP contribution in [-0.2, 0) is 13.5 Å². The lowest BCUT2D eigenvalue weighted by Crippen LogP contribution is -2.07. The summed E-state index contributed by atoms with van der Waals surface area (Å²) in [6.07, 6.45) is 11.9. The van der Waals surface area contributed by atoms with Gasteiger partial charge in [-0.1, -0.05) is 19.4 Å². The fourth-order valence-electron chi connectivity index (χ4n) is 2.91. The zero-order chi connectivity index (χ0) is 17.2. The van der Waals surface area contributed by atoms with Crippen molar-refractivity contribution in [3.8, 4) is 0 Å². The molecule has 6 nitrogen and oxygen atoms in total. The van der Waals surface area contributed by atoms with Crippen LogP contribution in [0.1, 0.15) is 43.3 Å². The van der Waals surface area contributed by atoms with Gasteiger partial charge in [0.05, 0.1) is 5.69 Å². The Hall–Kier alpha value is -2.76. The Balaban J connectivity index is 1.78. The first-order valence-corrected chi connectivity index (χ1v) is 8.83. The first-order valence-electron chi connectivity index (χ1n) is 8.83. The first kappa shape index (κ1) is 15.7. The van der Waals surface area contributed by atoms with Crippen LogP contribution in [-0.4, -0.2) is 30.8 Å². The summed E-state index contributed by atoms with van der Waals surface area (Å²) in [6.45, 7) is 2.16. The molecular weight excluding hydrogens is 312 g/mol. The maximum atomic E-state index is 4.78. The molecule has 0 bridgehead atoms. The standard InChI is InChI=1S/C19H22N6/c1-3-5-15-17-18(25(2)24-15)19(21-14-8-9-14)23-16(22-17)10-7-13-6-4-11-20-12-13/h4,6-7,10-12,14H,3,5,8-9H2,1-2H3,(H,21,22,23). The summed E-state index contributed by atoms with van der Waals surface area (Å²) in [6, 6.07) is 4.46. The van der Waals surface area contributed by atoms with E-state index < -0.39 is 0 Å². The van der Waals surface area contributed by atoms with Crippen molar-refractivity contribution in [2.24, 2.45) is 7.05 Å². The normalized spacial score (nSPS) is 14.5. The Kier molecular flexibility index (Phi) is 4.17. The second kappa shape index (κ2) is 6.63. The molecule has 3 aromatic rings. The van der Waals surface area contributed by atoms with Crippen LogP contribution in [0, 0.1) is 0 Å². The number of anilines is 1. The Morgan fingerprint density at radius 1 is 1.28 bits per heavy atom. The molecule has 1 aliphatic carbocycles. The number of nitrogens with zero attached hydrogens (tertiary/aromatic N) is 5. The minimum atomic E-state index is 0.526. The summed E-state index contributed by atoms with van der Waals surface area (Å²) in [5, 5.41) is 8.20. The fraction of sp³-hybridized carbons (Fsp3) is 0.368. The van der Waals surface area contributed by atoms with E-state index in [1.165, 1.54) is 12.8 Å². The molecule has 0 atom stereocenters. The maximum absolute atomic E-state index is 4.78. The molecule has 1 fully saturated rings. The number of fused-ring (bicyclic) bond motifs is 1. The number of aromatic nitrogens is 5. The third-order valence-corrected chi connectivity index (χ3v) is 4.28. The van der Waals surface area contributed by atoms with Crippen LogP contribution in [0.2, 0.25) is 0 Å². The van der Waals surface area contributed by atoms with Gasteiger partial charge in [-0.25, -0.2) is 9.97 Å². The molecule has 0 amide bonds. The monoisotopic (exact) mass is 334 g/mol. The SMILES string of the molecule is CCCc1nn(C)c2c(NC3CC3)nc(C=Cc3cccnc3)nc12. The lowest BCUT2D eigenvalue weighted by atomic mass is 10.2.